The SMILES string of the molecule is COc1cc(OC)cc(-c2coc3cc(OC)cc(C(=O)NCc4ccccc4)c23)c1. The van der Waals surface area contributed by atoms with Gasteiger partial charge in [0.25, 0.3) is 5.91 Å². The van der Waals surface area contributed by atoms with Gasteiger partial charge < -0.3 is 23.9 Å². The van der Waals surface area contributed by atoms with Crippen molar-refractivity contribution in [3.05, 3.63) is 78.1 Å². The van der Waals surface area contributed by atoms with Crippen molar-refractivity contribution in [1.82, 2.24) is 5.32 Å². The average molecular weight is 417 g/mol. The van der Waals surface area contributed by atoms with Crippen molar-refractivity contribution < 1.29 is 23.4 Å². The second kappa shape index (κ2) is 8.83. The molecule has 1 heterocycles. The highest BCUT2D eigenvalue weighted by Gasteiger charge is 2.20. The zero-order chi connectivity index (χ0) is 21.8. The van der Waals surface area contributed by atoms with Crippen LogP contribution >= 0.6 is 0 Å². The molecule has 1 amide bonds. The van der Waals surface area contributed by atoms with E-state index in [0.29, 0.717) is 40.3 Å². The Morgan fingerprint density at radius 3 is 2.16 bits per heavy atom. The predicted molar refractivity (Wildman–Crippen MR) is 119 cm³/mol. The van der Waals surface area contributed by atoms with E-state index in [1.54, 1.807) is 45.8 Å². The van der Waals surface area contributed by atoms with Crippen molar-refractivity contribution >= 4 is 16.9 Å². The van der Waals surface area contributed by atoms with E-state index in [4.69, 9.17) is 18.6 Å². The van der Waals surface area contributed by atoms with E-state index in [2.05, 4.69) is 5.32 Å². The molecule has 0 spiro atoms. The van der Waals surface area contributed by atoms with Crippen molar-refractivity contribution in [3.8, 4) is 28.4 Å². The van der Waals surface area contributed by atoms with Gasteiger partial charge in [0.1, 0.15) is 22.8 Å². The molecule has 158 valence electrons. The van der Waals surface area contributed by atoms with Gasteiger partial charge in [0, 0.05) is 29.6 Å². The fraction of sp³-hybridized carbons (Fsp3) is 0.160. The molecule has 6 heteroatoms. The van der Waals surface area contributed by atoms with Crippen LogP contribution in [0, 0.1) is 0 Å². The molecule has 0 saturated carbocycles. The number of rotatable bonds is 7. The van der Waals surface area contributed by atoms with Gasteiger partial charge in [-0.15, -0.1) is 0 Å². The van der Waals surface area contributed by atoms with Gasteiger partial charge in [-0.1, -0.05) is 30.3 Å². The molecule has 0 atom stereocenters. The molecule has 6 nitrogen and oxygen atoms in total. The summed E-state index contributed by atoms with van der Waals surface area (Å²) >= 11 is 0. The number of fused-ring (bicyclic) bond motifs is 1. The van der Waals surface area contributed by atoms with Crippen LogP contribution in [-0.2, 0) is 6.54 Å². The minimum absolute atomic E-state index is 0.217. The minimum atomic E-state index is -0.217. The summed E-state index contributed by atoms with van der Waals surface area (Å²) in [7, 11) is 4.75. The highest BCUT2D eigenvalue weighted by Crippen LogP contribution is 2.38. The van der Waals surface area contributed by atoms with E-state index in [1.807, 2.05) is 42.5 Å². The molecule has 4 aromatic rings. The van der Waals surface area contributed by atoms with Crippen LogP contribution < -0.4 is 19.5 Å². The Hall–Kier alpha value is -3.93. The molecule has 0 radical (unpaired) electrons. The van der Waals surface area contributed by atoms with Gasteiger partial charge in [0.2, 0.25) is 0 Å². The number of hydrogen-bond acceptors (Lipinski definition) is 5. The maximum atomic E-state index is 13.2. The summed E-state index contributed by atoms with van der Waals surface area (Å²) in [6.45, 7) is 0.415. The zero-order valence-electron chi connectivity index (χ0n) is 17.6. The van der Waals surface area contributed by atoms with E-state index in [-0.39, 0.29) is 5.91 Å². The smallest absolute Gasteiger partial charge is 0.252 e. The Balaban J connectivity index is 1.79. The Morgan fingerprint density at radius 2 is 1.52 bits per heavy atom. The first-order chi connectivity index (χ1) is 15.1. The summed E-state index contributed by atoms with van der Waals surface area (Å²) in [4.78, 5) is 13.2. The third kappa shape index (κ3) is 4.19. The van der Waals surface area contributed by atoms with Crippen molar-refractivity contribution in [2.75, 3.05) is 21.3 Å². The number of nitrogens with one attached hydrogen (secondary N) is 1. The minimum Gasteiger partial charge on any atom is -0.497 e. The first kappa shape index (κ1) is 20.3. The summed E-state index contributed by atoms with van der Waals surface area (Å²) in [6, 6.07) is 18.8. The lowest BCUT2D eigenvalue weighted by Crippen LogP contribution is -2.23. The van der Waals surface area contributed by atoms with E-state index in [1.165, 1.54) is 0 Å². The summed E-state index contributed by atoms with van der Waals surface area (Å²) in [6.07, 6.45) is 1.63. The molecule has 0 aliphatic carbocycles. The number of carbonyl (C=O) groups excluding carboxylic acids is 1. The number of furan rings is 1. The van der Waals surface area contributed by atoms with Crippen LogP contribution in [0.5, 0.6) is 17.2 Å². The Kier molecular flexibility index (Phi) is 5.80. The fourth-order valence-electron chi connectivity index (χ4n) is 3.49. The maximum Gasteiger partial charge on any atom is 0.252 e. The Bertz CT molecular complexity index is 1190. The largest absolute Gasteiger partial charge is 0.497 e. The molecule has 0 unspecified atom stereocenters. The van der Waals surface area contributed by atoms with Gasteiger partial charge in [0.05, 0.1) is 33.2 Å². The van der Waals surface area contributed by atoms with Crippen LogP contribution in [0.2, 0.25) is 0 Å². The van der Waals surface area contributed by atoms with Crippen LogP contribution in [-0.4, -0.2) is 27.2 Å². The summed E-state index contributed by atoms with van der Waals surface area (Å²) in [5.74, 6) is 1.62. The van der Waals surface area contributed by atoms with Gasteiger partial charge in [0.15, 0.2) is 0 Å². The summed E-state index contributed by atoms with van der Waals surface area (Å²) in [5.41, 5.74) is 3.62. The molecule has 4 rings (SSSR count). The zero-order valence-corrected chi connectivity index (χ0v) is 17.6. The number of amides is 1. The van der Waals surface area contributed by atoms with Crippen molar-refractivity contribution in [2.45, 2.75) is 6.54 Å². The van der Waals surface area contributed by atoms with Gasteiger partial charge in [-0.3, -0.25) is 4.79 Å². The van der Waals surface area contributed by atoms with Crippen LogP contribution in [0.15, 0.2) is 71.3 Å². The molecule has 1 N–H and O–H groups in total. The normalized spacial score (nSPS) is 10.7. The molecular weight excluding hydrogens is 394 g/mol. The first-order valence-corrected chi connectivity index (χ1v) is 9.77. The molecule has 0 fully saturated rings. The highest BCUT2D eigenvalue weighted by molar-refractivity contribution is 6.11. The van der Waals surface area contributed by atoms with Crippen molar-refractivity contribution in [3.63, 3.8) is 0 Å². The number of hydrogen-bond donors (Lipinski definition) is 1. The second-order valence-electron chi connectivity index (χ2n) is 6.97. The topological polar surface area (TPSA) is 69.9 Å². The van der Waals surface area contributed by atoms with Crippen LogP contribution in [0.3, 0.4) is 0 Å². The summed E-state index contributed by atoms with van der Waals surface area (Å²) in [5, 5.41) is 3.68. The number of carbonyl (C=O) groups is 1. The van der Waals surface area contributed by atoms with Crippen molar-refractivity contribution in [2.24, 2.45) is 0 Å². The van der Waals surface area contributed by atoms with E-state index in [0.717, 1.165) is 16.7 Å². The Morgan fingerprint density at radius 1 is 0.871 bits per heavy atom. The second-order valence-corrected chi connectivity index (χ2v) is 6.97. The lowest BCUT2D eigenvalue weighted by atomic mass is 9.99. The first-order valence-electron chi connectivity index (χ1n) is 9.77. The number of benzene rings is 3. The molecule has 3 aromatic carbocycles. The highest BCUT2D eigenvalue weighted by atomic mass is 16.5. The van der Waals surface area contributed by atoms with Crippen LogP contribution in [0.25, 0.3) is 22.1 Å². The number of ether oxygens (including phenoxy) is 3. The molecule has 0 bridgehead atoms. The number of methoxy groups -OCH3 is 3. The third-order valence-electron chi connectivity index (χ3n) is 5.09. The lowest BCUT2D eigenvalue weighted by Gasteiger charge is -2.11. The van der Waals surface area contributed by atoms with Gasteiger partial charge in [-0.05, 0) is 29.3 Å². The molecule has 0 saturated heterocycles. The molecule has 1 aromatic heterocycles. The summed E-state index contributed by atoms with van der Waals surface area (Å²) < 4.78 is 22.0. The third-order valence-corrected chi connectivity index (χ3v) is 5.09. The molecule has 0 aliphatic rings. The van der Waals surface area contributed by atoms with E-state index in [9.17, 15) is 4.79 Å². The van der Waals surface area contributed by atoms with Gasteiger partial charge >= 0.3 is 0 Å². The molecule has 0 aliphatic heterocycles. The molecule has 31 heavy (non-hydrogen) atoms. The van der Waals surface area contributed by atoms with Crippen LogP contribution in [0.4, 0.5) is 0 Å². The van der Waals surface area contributed by atoms with Gasteiger partial charge in [-0.2, -0.15) is 0 Å². The average Bonchev–Trinajstić information content (AvgIpc) is 3.26. The standard InChI is InChI=1S/C25H23NO5/c1-28-18-9-17(10-19(11-18)29-2)22-15-31-23-13-20(30-3)12-21(24(22)23)25(27)26-14-16-7-5-4-6-8-16/h4-13,15H,14H2,1-3H3,(H,26,27). The maximum absolute atomic E-state index is 13.2. The quantitative estimate of drug-likeness (QED) is 0.455. The Labute approximate surface area is 180 Å². The lowest BCUT2D eigenvalue weighted by molar-refractivity contribution is 0.0952. The van der Waals surface area contributed by atoms with Gasteiger partial charge in [-0.25, -0.2) is 0 Å². The van der Waals surface area contributed by atoms with E-state index >= 15 is 0 Å². The predicted octanol–water partition coefficient (Wildman–Crippen LogP) is 5.06. The van der Waals surface area contributed by atoms with Crippen LogP contribution in [0.1, 0.15) is 15.9 Å². The fourth-order valence-corrected chi connectivity index (χ4v) is 3.49. The molecular formula is C25H23NO5. The van der Waals surface area contributed by atoms with E-state index < -0.39 is 0 Å². The van der Waals surface area contributed by atoms with Crippen molar-refractivity contribution in [1.29, 1.82) is 0 Å². The monoisotopic (exact) mass is 417 g/mol.